The Labute approximate surface area is 185 Å². The molecule has 6 nitrogen and oxygen atoms in total. The number of benzene rings is 1. The van der Waals surface area contributed by atoms with Gasteiger partial charge in [0.05, 0.1) is 16.3 Å². The third kappa shape index (κ3) is 4.33. The van der Waals surface area contributed by atoms with Crippen LogP contribution in [0.1, 0.15) is 43.5 Å². The number of thiazole rings is 1. The first kappa shape index (κ1) is 20.5. The Morgan fingerprint density at radius 1 is 1.06 bits per heavy atom. The quantitative estimate of drug-likeness (QED) is 0.549. The first-order chi connectivity index (χ1) is 15.1. The van der Waals surface area contributed by atoms with Crippen molar-refractivity contribution in [1.82, 2.24) is 20.3 Å². The smallest absolute Gasteiger partial charge is 0.223 e. The number of anilines is 1. The van der Waals surface area contributed by atoms with Gasteiger partial charge in [0.1, 0.15) is 16.4 Å². The van der Waals surface area contributed by atoms with Gasteiger partial charge in [0.15, 0.2) is 0 Å². The molecule has 3 heterocycles. The minimum absolute atomic E-state index is 0.289. The van der Waals surface area contributed by atoms with E-state index < -0.39 is 5.60 Å². The lowest BCUT2D eigenvalue weighted by molar-refractivity contribution is 0.00582. The molecule has 1 aliphatic heterocycles. The first-order valence-electron chi connectivity index (χ1n) is 10.9. The number of aromatic nitrogens is 3. The van der Waals surface area contributed by atoms with Crippen LogP contribution in [0.5, 0.6) is 0 Å². The Balaban J connectivity index is 1.55. The minimum Gasteiger partial charge on any atom is -0.383 e. The molecule has 0 spiro atoms. The van der Waals surface area contributed by atoms with E-state index in [0.717, 1.165) is 47.8 Å². The van der Waals surface area contributed by atoms with Crippen molar-refractivity contribution >= 4 is 17.3 Å². The largest absolute Gasteiger partial charge is 0.383 e. The van der Waals surface area contributed by atoms with E-state index in [1.165, 1.54) is 36.3 Å². The molecule has 2 aliphatic rings. The standard InChI is InChI=1S/C23H26FN5OS/c24-16-7-5-15(6-8-16)19-20(31-21(29-19)23(30)10-13-25-14-11-23)18-9-12-26-22(28-18)27-17-3-1-2-4-17/h5-9,12,17,25,30H,1-4,10-11,13-14H2,(H,26,27,28). The van der Waals surface area contributed by atoms with Crippen LogP contribution in [-0.2, 0) is 5.60 Å². The molecule has 1 aliphatic carbocycles. The summed E-state index contributed by atoms with van der Waals surface area (Å²) in [6, 6.07) is 8.61. The molecule has 3 N–H and O–H groups in total. The molecular formula is C23H26FN5OS. The van der Waals surface area contributed by atoms with Gasteiger partial charge in [0.25, 0.3) is 0 Å². The maximum absolute atomic E-state index is 13.5. The Hall–Kier alpha value is -2.42. The highest BCUT2D eigenvalue weighted by Crippen LogP contribution is 2.42. The van der Waals surface area contributed by atoms with Crippen molar-refractivity contribution in [3.8, 4) is 21.8 Å². The number of halogens is 1. The highest BCUT2D eigenvalue weighted by atomic mass is 32.1. The van der Waals surface area contributed by atoms with E-state index in [9.17, 15) is 9.50 Å². The van der Waals surface area contributed by atoms with Crippen molar-refractivity contribution in [1.29, 1.82) is 0 Å². The molecule has 162 valence electrons. The molecule has 31 heavy (non-hydrogen) atoms. The molecule has 3 aromatic rings. The van der Waals surface area contributed by atoms with Crippen molar-refractivity contribution in [3.63, 3.8) is 0 Å². The van der Waals surface area contributed by atoms with Gasteiger partial charge in [-0.1, -0.05) is 12.8 Å². The van der Waals surface area contributed by atoms with E-state index in [0.29, 0.717) is 29.8 Å². The molecule has 5 rings (SSSR count). The summed E-state index contributed by atoms with van der Waals surface area (Å²) in [4.78, 5) is 14.9. The first-order valence-corrected chi connectivity index (χ1v) is 11.7. The summed E-state index contributed by atoms with van der Waals surface area (Å²) < 4.78 is 13.5. The predicted octanol–water partition coefficient (Wildman–Crippen LogP) is 4.33. The van der Waals surface area contributed by atoms with Gasteiger partial charge in [-0.05, 0) is 69.1 Å². The zero-order valence-electron chi connectivity index (χ0n) is 17.3. The van der Waals surface area contributed by atoms with E-state index in [1.54, 1.807) is 18.3 Å². The molecule has 1 aromatic carbocycles. The van der Waals surface area contributed by atoms with E-state index in [-0.39, 0.29) is 5.82 Å². The number of piperidine rings is 1. The molecule has 1 saturated carbocycles. The fourth-order valence-electron chi connectivity index (χ4n) is 4.36. The Kier molecular flexibility index (Phi) is 5.69. The van der Waals surface area contributed by atoms with Crippen LogP contribution in [0.4, 0.5) is 10.3 Å². The number of aliphatic hydroxyl groups is 1. The summed E-state index contributed by atoms with van der Waals surface area (Å²) >= 11 is 1.47. The fraction of sp³-hybridized carbons (Fsp3) is 0.435. The van der Waals surface area contributed by atoms with E-state index in [1.807, 2.05) is 6.07 Å². The zero-order chi connectivity index (χ0) is 21.3. The molecule has 1 saturated heterocycles. The normalized spacial score (nSPS) is 18.9. The number of hydrogen-bond acceptors (Lipinski definition) is 7. The molecule has 0 radical (unpaired) electrons. The Bertz CT molecular complexity index is 1040. The molecule has 8 heteroatoms. The van der Waals surface area contributed by atoms with Crippen molar-refractivity contribution in [2.45, 2.75) is 50.2 Å². The van der Waals surface area contributed by atoms with E-state index >= 15 is 0 Å². The zero-order valence-corrected chi connectivity index (χ0v) is 18.1. The molecule has 0 unspecified atom stereocenters. The van der Waals surface area contributed by atoms with Crippen LogP contribution in [0, 0.1) is 5.82 Å². The molecular weight excluding hydrogens is 413 g/mol. The number of rotatable bonds is 5. The van der Waals surface area contributed by atoms with Crippen LogP contribution >= 0.6 is 11.3 Å². The topological polar surface area (TPSA) is 83.0 Å². The van der Waals surface area contributed by atoms with Crippen LogP contribution in [0.3, 0.4) is 0 Å². The van der Waals surface area contributed by atoms with E-state index in [2.05, 4.69) is 15.6 Å². The second kappa shape index (κ2) is 8.61. The van der Waals surface area contributed by atoms with Gasteiger partial charge in [-0.2, -0.15) is 0 Å². The lowest BCUT2D eigenvalue weighted by Gasteiger charge is -2.30. The van der Waals surface area contributed by atoms with Crippen molar-refractivity contribution in [3.05, 3.63) is 47.4 Å². The highest BCUT2D eigenvalue weighted by molar-refractivity contribution is 7.15. The highest BCUT2D eigenvalue weighted by Gasteiger charge is 2.35. The van der Waals surface area contributed by atoms with Gasteiger partial charge in [-0.25, -0.2) is 19.3 Å². The van der Waals surface area contributed by atoms with Gasteiger partial charge in [-0.3, -0.25) is 0 Å². The number of nitrogens with one attached hydrogen (secondary N) is 2. The SMILES string of the molecule is OC1(c2nc(-c3ccc(F)cc3)c(-c3ccnc(NC4CCCC4)n3)s2)CCNCC1. The lowest BCUT2D eigenvalue weighted by atomic mass is 9.93. The van der Waals surface area contributed by atoms with E-state index in [4.69, 9.17) is 9.97 Å². The number of nitrogens with zero attached hydrogens (tertiary/aromatic N) is 3. The van der Waals surface area contributed by atoms with Crippen LogP contribution in [0.25, 0.3) is 21.8 Å². The van der Waals surface area contributed by atoms with Crippen molar-refractivity contribution < 1.29 is 9.50 Å². The van der Waals surface area contributed by atoms with Gasteiger partial charge in [0.2, 0.25) is 5.95 Å². The summed E-state index contributed by atoms with van der Waals surface area (Å²) in [5.74, 6) is 0.327. The molecule has 0 bridgehead atoms. The van der Waals surface area contributed by atoms with Gasteiger partial charge in [-0.15, -0.1) is 11.3 Å². The van der Waals surface area contributed by atoms with Crippen LogP contribution in [0.15, 0.2) is 36.5 Å². The lowest BCUT2D eigenvalue weighted by Crippen LogP contribution is -2.39. The molecule has 0 amide bonds. The van der Waals surface area contributed by atoms with Crippen molar-refractivity contribution in [2.24, 2.45) is 0 Å². The monoisotopic (exact) mass is 439 g/mol. The van der Waals surface area contributed by atoms with Gasteiger partial charge in [0, 0.05) is 17.8 Å². The second-order valence-electron chi connectivity index (χ2n) is 8.38. The maximum Gasteiger partial charge on any atom is 0.223 e. The average molecular weight is 440 g/mol. The average Bonchev–Trinajstić information content (AvgIpc) is 3.46. The molecule has 2 fully saturated rings. The summed E-state index contributed by atoms with van der Waals surface area (Å²) in [7, 11) is 0. The van der Waals surface area contributed by atoms with Crippen LogP contribution in [0.2, 0.25) is 0 Å². The summed E-state index contributed by atoms with van der Waals surface area (Å²) in [6.45, 7) is 1.50. The third-order valence-electron chi connectivity index (χ3n) is 6.15. The summed E-state index contributed by atoms with van der Waals surface area (Å²) in [5, 5.41) is 18.7. The summed E-state index contributed by atoms with van der Waals surface area (Å²) in [6.07, 6.45) is 7.73. The molecule has 0 atom stereocenters. The minimum atomic E-state index is -0.957. The fourth-order valence-corrected chi connectivity index (χ4v) is 5.56. The van der Waals surface area contributed by atoms with Gasteiger partial charge >= 0.3 is 0 Å². The predicted molar refractivity (Wildman–Crippen MR) is 120 cm³/mol. The van der Waals surface area contributed by atoms with Crippen LogP contribution < -0.4 is 10.6 Å². The van der Waals surface area contributed by atoms with Crippen molar-refractivity contribution in [2.75, 3.05) is 18.4 Å². The number of hydrogen-bond donors (Lipinski definition) is 3. The second-order valence-corrected chi connectivity index (χ2v) is 9.38. The summed E-state index contributed by atoms with van der Waals surface area (Å²) in [5.41, 5.74) is 1.33. The maximum atomic E-state index is 13.5. The van der Waals surface area contributed by atoms with Crippen LogP contribution in [-0.4, -0.2) is 39.2 Å². The van der Waals surface area contributed by atoms with Gasteiger partial charge < -0.3 is 15.7 Å². The third-order valence-corrected chi connectivity index (χ3v) is 7.42. The Morgan fingerprint density at radius 2 is 1.81 bits per heavy atom. The molecule has 2 aromatic heterocycles. The Morgan fingerprint density at radius 3 is 2.55 bits per heavy atom.